The second kappa shape index (κ2) is 20.5. The predicted molar refractivity (Wildman–Crippen MR) is 360 cm³/mol. The maximum Gasteiger partial charge on any atom is 0.137 e. The van der Waals surface area contributed by atoms with E-state index in [1.165, 1.54) is 17.3 Å². The van der Waals surface area contributed by atoms with Crippen molar-refractivity contribution < 1.29 is 28.0 Å². The first kappa shape index (κ1) is 39.0. The van der Waals surface area contributed by atoms with Gasteiger partial charge in [0.1, 0.15) is 24.0 Å². The third-order valence-electron chi connectivity index (χ3n) is 17.1. The van der Waals surface area contributed by atoms with Crippen LogP contribution in [0.15, 0.2) is 212 Å². The number of rotatable bonds is 9. The second-order valence-corrected chi connectivity index (χ2v) is 27.1. The van der Waals surface area contributed by atoms with E-state index in [1.54, 1.807) is 49.6 Å². The van der Waals surface area contributed by atoms with Gasteiger partial charge in [-0.05, 0) is 156 Å². The van der Waals surface area contributed by atoms with E-state index in [0.29, 0.717) is 50.5 Å². The van der Waals surface area contributed by atoms with Gasteiger partial charge < -0.3 is 14.5 Å². The van der Waals surface area contributed by atoms with Crippen LogP contribution in [0.25, 0.3) is 72.1 Å². The molecule has 2 aromatic heterocycles. The van der Waals surface area contributed by atoms with Crippen LogP contribution in [0, 0.1) is 0 Å². The molecule has 3 heterocycles. The van der Waals surface area contributed by atoms with Gasteiger partial charge in [0.05, 0.1) is 51.4 Å². The summed E-state index contributed by atoms with van der Waals surface area (Å²) in [6.07, 6.45) is 3.41. The van der Waals surface area contributed by atoms with E-state index in [4.69, 9.17) is 22.1 Å². The zero-order chi connectivity index (χ0) is 74.2. The molecule has 0 fully saturated rings. The molecular weight excluding hydrogens is 1030 g/mol. The van der Waals surface area contributed by atoms with E-state index >= 15 is 0 Å². The highest BCUT2D eigenvalue weighted by molar-refractivity contribution is 6.09. The lowest BCUT2D eigenvalue weighted by atomic mass is 9.63. The minimum absolute atomic E-state index is 0.00612. The number of aromatic nitrogens is 2. The van der Waals surface area contributed by atoms with Crippen LogP contribution in [-0.4, -0.2) is 16.2 Å². The van der Waals surface area contributed by atoms with Gasteiger partial charge in [-0.25, -0.2) is 4.98 Å². The van der Waals surface area contributed by atoms with Crippen LogP contribution in [0.4, 0.5) is 22.7 Å². The molecule has 0 N–H and O–H groups in total. The van der Waals surface area contributed by atoms with Crippen molar-refractivity contribution in [2.24, 2.45) is 0 Å². The van der Waals surface area contributed by atoms with Gasteiger partial charge >= 0.3 is 0 Å². The molecule has 0 saturated heterocycles. The Morgan fingerprint density at radius 1 is 0.459 bits per heavy atom. The Kier molecular flexibility index (Phi) is 9.44. The van der Waals surface area contributed by atoms with Crippen molar-refractivity contribution in [1.29, 1.82) is 0 Å². The van der Waals surface area contributed by atoms with Crippen LogP contribution in [0.3, 0.4) is 0 Å². The van der Waals surface area contributed by atoms with E-state index in [0.717, 1.165) is 40.9 Å². The van der Waals surface area contributed by atoms with Gasteiger partial charge in [0.15, 0.2) is 0 Å². The predicted octanol–water partition coefficient (Wildman–Crippen LogP) is 22.1. The fourth-order valence-electron chi connectivity index (χ4n) is 12.2. The highest BCUT2D eigenvalue weighted by Gasteiger charge is 2.39. The van der Waals surface area contributed by atoms with E-state index in [9.17, 15) is 11.0 Å². The average Bonchev–Trinajstić information content (AvgIpc) is 0.995. The minimum Gasteiger partial charge on any atom is -0.457 e. The molecular formula is C80H80N4O. The number of anilines is 4. The average molecular weight is 1130 g/mol. The lowest BCUT2D eigenvalue weighted by Crippen LogP contribution is -2.33. The molecule has 0 bridgehead atoms. The first-order chi connectivity index (χ1) is 47.6. The van der Waals surface area contributed by atoms with Crippen molar-refractivity contribution in [3.05, 3.63) is 240 Å². The molecule has 5 heteroatoms. The summed E-state index contributed by atoms with van der Waals surface area (Å²) in [5.41, 5.74) is 6.85. The highest BCUT2D eigenvalue weighted by Crippen LogP contribution is 2.54. The van der Waals surface area contributed by atoms with E-state index in [1.807, 2.05) is 75.4 Å². The maximum atomic E-state index is 10.1. The SMILES string of the molecule is [2H]c1c([2H])c([2H])c(-c2cnc(-n3c4cc(Oc5cccc(N6CN(c7c(-c8ccc9c(c8)C(C)(C)CCC9(C)C)cc(C(C)(C)C)cc7-c7c([2H])c([2H])c(-c8c([2H])c([2H])c(C(C)(C)C)c([2H])c8[2H])c([2H])c7[2H])c7ccccc76)c5)ccc4c4c([2H])c([2H])c([2H])c([2H])c43)cc2C(C)(C)C)c([2H])c1[2H]. The van der Waals surface area contributed by atoms with Crippen LogP contribution in [0.1, 0.15) is 154 Å². The van der Waals surface area contributed by atoms with Gasteiger partial charge in [-0.1, -0.05) is 223 Å². The van der Waals surface area contributed by atoms with Crippen molar-refractivity contribution >= 4 is 44.6 Å². The van der Waals surface area contributed by atoms with E-state index < -0.39 is 94.8 Å². The summed E-state index contributed by atoms with van der Waals surface area (Å²) in [4.78, 5) is 9.16. The second-order valence-electron chi connectivity index (χ2n) is 27.1. The van der Waals surface area contributed by atoms with Gasteiger partial charge in [-0.15, -0.1) is 0 Å². The van der Waals surface area contributed by atoms with Crippen molar-refractivity contribution in [3.8, 4) is 61.8 Å². The Hall–Kier alpha value is -8.67. The van der Waals surface area contributed by atoms with Crippen LogP contribution < -0.4 is 14.5 Å². The van der Waals surface area contributed by atoms with Crippen LogP contribution in [0.5, 0.6) is 11.5 Å². The molecule has 426 valence electrons. The molecule has 85 heavy (non-hydrogen) atoms. The number of hydrogen-bond acceptors (Lipinski definition) is 4. The van der Waals surface area contributed by atoms with Crippen LogP contribution in [0.2, 0.25) is 0 Å². The number of fused-ring (bicyclic) bond motifs is 5. The van der Waals surface area contributed by atoms with Crippen LogP contribution in [-0.2, 0) is 27.1 Å². The van der Waals surface area contributed by atoms with Crippen molar-refractivity contribution in [3.63, 3.8) is 0 Å². The van der Waals surface area contributed by atoms with Crippen molar-refractivity contribution in [2.75, 3.05) is 16.5 Å². The van der Waals surface area contributed by atoms with Gasteiger partial charge in [-0.3, -0.25) is 4.57 Å². The standard InChI is InChI=1S/C80H80N4O/c1-76(2,3)57-37-34-53(35-38-57)52-30-32-55(33-31-52)64-45-58(77(4,5)6)46-65(56-36-41-67-69(44-56)80(12,13)43-42-79(67,10)11)75(64)83-51-82(71-28-19-20-29-72(71)83)59-24-21-25-60(47-59)85-61-39-40-63-62-26-17-18-27-70(62)84(73(63)48-61)74-49-68(78(7,8)9)66(50-81-74)54-22-15-14-16-23-54/h14-41,44-50H,42-43,51H2,1-13H3/i14D,15D,16D,17D,18D,22D,23D,26D,27D,30D,31D,32D,33D,34D,35D,37D,38D. The fourth-order valence-corrected chi connectivity index (χ4v) is 12.2. The van der Waals surface area contributed by atoms with Gasteiger partial charge in [0, 0.05) is 51.5 Å². The molecule has 13 rings (SSSR count). The number of nitrogens with zero attached hydrogens (tertiary/aromatic N) is 4. The minimum atomic E-state index is -0.789. The summed E-state index contributed by atoms with van der Waals surface area (Å²) >= 11 is 0. The Labute approximate surface area is 528 Å². The third kappa shape index (κ3) is 10.2. The zero-order valence-corrected chi connectivity index (χ0v) is 50.7. The van der Waals surface area contributed by atoms with Crippen LogP contribution >= 0.6 is 0 Å². The van der Waals surface area contributed by atoms with Crippen molar-refractivity contribution in [1.82, 2.24) is 9.55 Å². The topological polar surface area (TPSA) is 33.5 Å². The molecule has 0 unspecified atom stereocenters. The van der Waals surface area contributed by atoms with E-state index in [2.05, 4.69) is 82.5 Å². The Balaban J connectivity index is 0.978. The molecule has 1 aliphatic carbocycles. The normalized spacial score (nSPS) is 17.7. The fraction of sp³-hybridized carbons (Fsp3) is 0.263. The third-order valence-corrected chi connectivity index (χ3v) is 17.1. The number of benzene rings is 9. The maximum absolute atomic E-state index is 10.1. The molecule has 0 atom stereocenters. The summed E-state index contributed by atoms with van der Waals surface area (Å²) in [7, 11) is 0. The monoisotopic (exact) mass is 1130 g/mol. The summed E-state index contributed by atoms with van der Waals surface area (Å²) in [5.74, 6) is 0.996. The summed E-state index contributed by atoms with van der Waals surface area (Å²) < 4.78 is 165. The zero-order valence-electron chi connectivity index (χ0n) is 67.7. The number of ether oxygens (including phenoxy) is 1. The molecule has 11 aromatic rings. The molecule has 9 aromatic carbocycles. The lowest BCUT2D eigenvalue weighted by Gasteiger charge is -2.42. The first-order valence-electron chi connectivity index (χ1n) is 37.7. The molecule has 2 aliphatic rings. The highest BCUT2D eigenvalue weighted by atomic mass is 16.5. The van der Waals surface area contributed by atoms with Gasteiger partial charge in [-0.2, -0.15) is 0 Å². The summed E-state index contributed by atoms with van der Waals surface area (Å²) in [6.45, 7) is 26.7. The quantitative estimate of drug-likeness (QED) is 0.144. The number of para-hydroxylation sites is 3. The largest absolute Gasteiger partial charge is 0.457 e. The Morgan fingerprint density at radius 3 is 1.74 bits per heavy atom. The molecule has 1 aliphatic heterocycles. The lowest BCUT2D eigenvalue weighted by molar-refractivity contribution is 0.332. The Bertz CT molecular complexity index is 5340. The number of hydrogen-bond donors (Lipinski definition) is 0. The molecule has 0 spiro atoms. The molecule has 0 radical (unpaired) electrons. The first-order valence-corrected chi connectivity index (χ1v) is 29.2. The molecule has 5 nitrogen and oxygen atoms in total. The van der Waals surface area contributed by atoms with Gasteiger partial charge in [0.25, 0.3) is 0 Å². The summed E-state index contributed by atoms with van der Waals surface area (Å²) in [5, 5.41) is 0.714. The molecule has 0 amide bonds. The molecule has 0 saturated carbocycles. The smallest absolute Gasteiger partial charge is 0.137 e. The van der Waals surface area contributed by atoms with Gasteiger partial charge in [0.2, 0.25) is 0 Å². The Morgan fingerprint density at radius 2 is 1.06 bits per heavy atom. The summed E-state index contributed by atoms with van der Waals surface area (Å²) in [6, 6.07) is 26.1. The number of pyridine rings is 1. The van der Waals surface area contributed by atoms with Crippen molar-refractivity contribution in [2.45, 2.75) is 130 Å². The van der Waals surface area contributed by atoms with E-state index in [-0.39, 0.29) is 86.2 Å².